The molecule has 1 rings (SSSR count). The summed E-state index contributed by atoms with van der Waals surface area (Å²) in [5.74, 6) is 0.292. The fraction of sp³-hybridized carbons (Fsp3) is 0.769. The topological polar surface area (TPSA) is 26.3 Å². The van der Waals surface area contributed by atoms with Crippen LogP contribution in [0.4, 0.5) is 0 Å². The van der Waals surface area contributed by atoms with E-state index in [0.29, 0.717) is 17.9 Å². The van der Waals surface area contributed by atoms with E-state index >= 15 is 0 Å². The predicted octanol–water partition coefficient (Wildman–Crippen LogP) is 3.46. The maximum atomic E-state index is 11.6. The first-order valence-electron chi connectivity index (χ1n) is 5.88. The minimum atomic E-state index is -0.328. The van der Waals surface area contributed by atoms with Crippen LogP contribution in [0.15, 0.2) is 12.2 Å². The average molecular weight is 210 g/mol. The average Bonchev–Trinajstić information content (AvgIpc) is 2.69. The standard InChI is InChI=1S/C13H22O2/c1-5-10(2)12(14)15-13(3,4)11-8-6-7-9-11/h11H,2,5-9H2,1,3-4H3. The monoisotopic (exact) mass is 210 g/mol. The van der Waals surface area contributed by atoms with E-state index in [1.807, 2.05) is 20.8 Å². The number of hydrogen-bond donors (Lipinski definition) is 0. The quantitative estimate of drug-likeness (QED) is 0.524. The van der Waals surface area contributed by atoms with Gasteiger partial charge in [-0.05, 0) is 39.0 Å². The number of rotatable bonds is 4. The van der Waals surface area contributed by atoms with Crippen LogP contribution >= 0.6 is 0 Å². The first-order valence-corrected chi connectivity index (χ1v) is 5.88. The van der Waals surface area contributed by atoms with Crippen LogP contribution in [0.5, 0.6) is 0 Å². The number of ether oxygens (including phenoxy) is 1. The van der Waals surface area contributed by atoms with Gasteiger partial charge in [-0.25, -0.2) is 4.79 Å². The molecule has 0 aromatic rings. The van der Waals surface area contributed by atoms with Crippen LogP contribution in [0.1, 0.15) is 52.9 Å². The van der Waals surface area contributed by atoms with E-state index in [-0.39, 0.29) is 11.6 Å². The van der Waals surface area contributed by atoms with Gasteiger partial charge in [-0.2, -0.15) is 0 Å². The molecular weight excluding hydrogens is 188 g/mol. The molecule has 0 unspecified atom stereocenters. The van der Waals surface area contributed by atoms with Crippen molar-refractivity contribution in [1.29, 1.82) is 0 Å². The Balaban J connectivity index is 2.54. The molecule has 0 aromatic heterocycles. The fourth-order valence-electron chi connectivity index (χ4n) is 2.16. The number of carbonyl (C=O) groups is 1. The molecule has 0 amide bonds. The van der Waals surface area contributed by atoms with E-state index in [0.717, 1.165) is 0 Å². The van der Waals surface area contributed by atoms with Crippen LogP contribution in [0.3, 0.4) is 0 Å². The van der Waals surface area contributed by atoms with Crippen molar-refractivity contribution in [3.63, 3.8) is 0 Å². The van der Waals surface area contributed by atoms with Gasteiger partial charge in [0.1, 0.15) is 5.60 Å². The fourth-order valence-corrected chi connectivity index (χ4v) is 2.16. The Hall–Kier alpha value is -0.790. The van der Waals surface area contributed by atoms with E-state index in [2.05, 4.69) is 6.58 Å². The molecule has 1 fully saturated rings. The summed E-state index contributed by atoms with van der Waals surface area (Å²) in [6.45, 7) is 9.67. The van der Waals surface area contributed by atoms with Crippen molar-refractivity contribution < 1.29 is 9.53 Å². The maximum absolute atomic E-state index is 11.6. The minimum absolute atomic E-state index is 0.227. The zero-order valence-electron chi connectivity index (χ0n) is 10.1. The lowest BCUT2D eigenvalue weighted by atomic mass is 9.89. The second-order valence-corrected chi connectivity index (χ2v) is 4.93. The third kappa shape index (κ3) is 3.08. The van der Waals surface area contributed by atoms with Crippen LogP contribution in [0.2, 0.25) is 0 Å². The van der Waals surface area contributed by atoms with Gasteiger partial charge in [-0.1, -0.05) is 26.3 Å². The summed E-state index contributed by atoms with van der Waals surface area (Å²) in [6, 6.07) is 0. The van der Waals surface area contributed by atoms with Crippen molar-refractivity contribution in [3.8, 4) is 0 Å². The van der Waals surface area contributed by atoms with Gasteiger partial charge in [-0.15, -0.1) is 0 Å². The zero-order valence-corrected chi connectivity index (χ0v) is 10.1. The van der Waals surface area contributed by atoms with Crippen LogP contribution < -0.4 is 0 Å². The molecule has 0 aromatic carbocycles. The molecule has 0 saturated heterocycles. The van der Waals surface area contributed by atoms with Crippen molar-refractivity contribution in [2.75, 3.05) is 0 Å². The molecule has 0 atom stereocenters. The Kier molecular flexibility index (Phi) is 3.95. The summed E-state index contributed by atoms with van der Waals surface area (Å²) >= 11 is 0. The molecule has 1 saturated carbocycles. The third-order valence-electron chi connectivity index (χ3n) is 3.41. The van der Waals surface area contributed by atoms with E-state index in [9.17, 15) is 4.79 Å². The molecule has 2 nitrogen and oxygen atoms in total. The van der Waals surface area contributed by atoms with Gasteiger partial charge in [0.05, 0.1) is 0 Å². The number of hydrogen-bond acceptors (Lipinski definition) is 2. The van der Waals surface area contributed by atoms with Crippen LogP contribution in [-0.4, -0.2) is 11.6 Å². The Morgan fingerprint density at radius 3 is 2.40 bits per heavy atom. The van der Waals surface area contributed by atoms with Gasteiger partial charge in [0.15, 0.2) is 0 Å². The van der Waals surface area contributed by atoms with Crippen molar-refractivity contribution in [1.82, 2.24) is 0 Å². The Morgan fingerprint density at radius 2 is 1.93 bits per heavy atom. The van der Waals surface area contributed by atoms with Crippen molar-refractivity contribution in [2.45, 2.75) is 58.5 Å². The lowest BCUT2D eigenvalue weighted by molar-refractivity contribution is -0.156. The molecule has 0 heterocycles. The van der Waals surface area contributed by atoms with Gasteiger partial charge >= 0.3 is 5.97 Å². The lowest BCUT2D eigenvalue weighted by Gasteiger charge is -2.31. The zero-order chi connectivity index (χ0) is 11.5. The Labute approximate surface area is 92.7 Å². The highest BCUT2D eigenvalue weighted by Gasteiger charge is 2.35. The molecule has 2 heteroatoms. The highest BCUT2D eigenvalue weighted by molar-refractivity contribution is 5.87. The third-order valence-corrected chi connectivity index (χ3v) is 3.41. The number of esters is 1. The molecule has 86 valence electrons. The summed E-state index contributed by atoms with van der Waals surface area (Å²) in [5.41, 5.74) is 0.243. The summed E-state index contributed by atoms with van der Waals surface area (Å²) in [7, 11) is 0. The van der Waals surface area contributed by atoms with Crippen LogP contribution in [0.25, 0.3) is 0 Å². The second-order valence-electron chi connectivity index (χ2n) is 4.93. The van der Waals surface area contributed by atoms with Gasteiger partial charge in [0.2, 0.25) is 0 Å². The van der Waals surface area contributed by atoms with Gasteiger partial charge in [0, 0.05) is 5.57 Å². The summed E-state index contributed by atoms with van der Waals surface area (Å²) in [6.07, 6.45) is 5.55. The summed E-state index contributed by atoms with van der Waals surface area (Å²) in [4.78, 5) is 11.6. The van der Waals surface area contributed by atoms with Gasteiger partial charge in [-0.3, -0.25) is 0 Å². The maximum Gasteiger partial charge on any atom is 0.333 e. The number of carbonyl (C=O) groups excluding carboxylic acids is 1. The van der Waals surface area contributed by atoms with E-state index in [1.165, 1.54) is 25.7 Å². The molecule has 0 radical (unpaired) electrons. The SMILES string of the molecule is C=C(CC)C(=O)OC(C)(C)C1CCCC1. The summed E-state index contributed by atoms with van der Waals surface area (Å²) < 4.78 is 5.54. The lowest BCUT2D eigenvalue weighted by Crippen LogP contribution is -2.35. The molecule has 0 spiro atoms. The van der Waals surface area contributed by atoms with E-state index in [1.54, 1.807) is 0 Å². The van der Waals surface area contributed by atoms with Gasteiger partial charge in [0.25, 0.3) is 0 Å². The highest BCUT2D eigenvalue weighted by atomic mass is 16.6. The van der Waals surface area contributed by atoms with Crippen LogP contribution in [-0.2, 0) is 9.53 Å². The van der Waals surface area contributed by atoms with E-state index in [4.69, 9.17) is 4.74 Å². The van der Waals surface area contributed by atoms with Gasteiger partial charge < -0.3 is 4.74 Å². The highest BCUT2D eigenvalue weighted by Crippen LogP contribution is 2.36. The smallest absolute Gasteiger partial charge is 0.333 e. The normalized spacial score (nSPS) is 17.8. The minimum Gasteiger partial charge on any atom is -0.456 e. The molecule has 15 heavy (non-hydrogen) atoms. The Morgan fingerprint density at radius 1 is 1.40 bits per heavy atom. The molecule has 0 bridgehead atoms. The van der Waals surface area contributed by atoms with E-state index < -0.39 is 0 Å². The van der Waals surface area contributed by atoms with Crippen molar-refractivity contribution in [3.05, 3.63) is 12.2 Å². The summed E-state index contributed by atoms with van der Waals surface area (Å²) in [5, 5.41) is 0. The molecular formula is C13H22O2. The van der Waals surface area contributed by atoms with Crippen molar-refractivity contribution >= 4 is 5.97 Å². The largest absolute Gasteiger partial charge is 0.456 e. The van der Waals surface area contributed by atoms with Crippen LogP contribution in [0, 0.1) is 5.92 Å². The van der Waals surface area contributed by atoms with Crippen molar-refractivity contribution in [2.24, 2.45) is 5.92 Å². The molecule has 0 aliphatic heterocycles. The first kappa shape index (κ1) is 12.3. The first-order chi connectivity index (χ1) is 6.97. The molecule has 1 aliphatic carbocycles. The predicted molar refractivity (Wildman–Crippen MR) is 61.6 cm³/mol. The molecule has 1 aliphatic rings. The Bertz CT molecular complexity index is 247. The molecule has 0 N–H and O–H groups in total. The second kappa shape index (κ2) is 4.82.